The van der Waals surface area contributed by atoms with Gasteiger partial charge in [-0.3, -0.25) is 4.79 Å². The third-order valence-corrected chi connectivity index (χ3v) is 2.62. The molecule has 2 heteroatoms. The number of ether oxygens (including phenoxy) is 1. The fourth-order valence-corrected chi connectivity index (χ4v) is 1.98. The maximum absolute atomic E-state index is 11.5. The van der Waals surface area contributed by atoms with E-state index in [4.69, 9.17) is 4.74 Å². The molecule has 0 aromatic heterocycles. The van der Waals surface area contributed by atoms with Crippen LogP contribution in [0.5, 0.6) is 0 Å². The summed E-state index contributed by atoms with van der Waals surface area (Å²) in [7, 11) is 0. The highest BCUT2D eigenvalue weighted by Gasteiger charge is 2.26. The van der Waals surface area contributed by atoms with Crippen LogP contribution < -0.4 is 0 Å². The molecule has 0 radical (unpaired) electrons. The smallest absolute Gasteiger partial charge is 0.309 e. The second-order valence-corrected chi connectivity index (χ2v) is 4.45. The predicted octanol–water partition coefficient (Wildman–Crippen LogP) is 2.76. The molecule has 1 unspecified atom stereocenters. The largest absolute Gasteiger partial charge is 0.463 e. The van der Waals surface area contributed by atoms with Gasteiger partial charge in [0.05, 0.1) is 12.0 Å². The summed E-state index contributed by atoms with van der Waals surface area (Å²) in [4.78, 5) is 11.5. The number of carbonyl (C=O) groups is 1. The van der Waals surface area contributed by atoms with Crippen LogP contribution in [0.25, 0.3) is 0 Å². The van der Waals surface area contributed by atoms with Gasteiger partial charge in [0.1, 0.15) is 0 Å². The van der Waals surface area contributed by atoms with Gasteiger partial charge in [-0.25, -0.2) is 0 Å². The van der Waals surface area contributed by atoms with E-state index in [9.17, 15) is 4.79 Å². The third-order valence-electron chi connectivity index (χ3n) is 2.62. The molecule has 2 atom stereocenters. The fraction of sp³-hybridized carbons (Fsp3) is 0.909. The van der Waals surface area contributed by atoms with Crippen molar-refractivity contribution in [2.75, 3.05) is 0 Å². The zero-order chi connectivity index (χ0) is 9.84. The average Bonchev–Trinajstić information content (AvgIpc) is 2.03. The Morgan fingerprint density at radius 2 is 2.08 bits per heavy atom. The van der Waals surface area contributed by atoms with Gasteiger partial charge in [-0.1, -0.05) is 19.8 Å². The lowest BCUT2D eigenvalue weighted by Gasteiger charge is -2.25. The van der Waals surface area contributed by atoms with E-state index in [1.807, 2.05) is 13.8 Å². The van der Waals surface area contributed by atoms with Crippen LogP contribution in [0.15, 0.2) is 0 Å². The number of carbonyl (C=O) groups excluding carboxylic acids is 1. The van der Waals surface area contributed by atoms with Crippen molar-refractivity contribution in [1.29, 1.82) is 0 Å². The van der Waals surface area contributed by atoms with E-state index in [2.05, 4.69) is 6.92 Å². The van der Waals surface area contributed by atoms with Crippen molar-refractivity contribution in [2.45, 2.75) is 52.6 Å². The van der Waals surface area contributed by atoms with Gasteiger partial charge >= 0.3 is 5.97 Å². The molecule has 0 aromatic rings. The average molecular weight is 184 g/mol. The van der Waals surface area contributed by atoms with Crippen LogP contribution in [0, 0.1) is 11.8 Å². The van der Waals surface area contributed by atoms with Crippen molar-refractivity contribution in [1.82, 2.24) is 0 Å². The Morgan fingerprint density at radius 1 is 1.38 bits per heavy atom. The minimum absolute atomic E-state index is 0.0153. The molecule has 0 spiro atoms. The Labute approximate surface area is 80.7 Å². The first-order valence-electron chi connectivity index (χ1n) is 5.30. The monoisotopic (exact) mass is 184 g/mol. The SMILES string of the molecule is CC(C)OC(=O)C1CCC[C@@H](C)C1. The molecule has 0 aliphatic heterocycles. The molecule has 0 saturated heterocycles. The Bertz CT molecular complexity index is 175. The van der Waals surface area contributed by atoms with E-state index in [-0.39, 0.29) is 18.0 Å². The zero-order valence-electron chi connectivity index (χ0n) is 8.88. The van der Waals surface area contributed by atoms with E-state index in [1.54, 1.807) is 0 Å². The molecule has 0 aromatic carbocycles. The van der Waals surface area contributed by atoms with Crippen molar-refractivity contribution in [3.8, 4) is 0 Å². The van der Waals surface area contributed by atoms with Crippen molar-refractivity contribution in [3.63, 3.8) is 0 Å². The maximum atomic E-state index is 11.5. The summed E-state index contributed by atoms with van der Waals surface area (Å²) in [6, 6.07) is 0. The van der Waals surface area contributed by atoms with Gasteiger partial charge in [-0.05, 0) is 32.6 Å². The third kappa shape index (κ3) is 3.37. The normalized spacial score (nSPS) is 28.9. The highest BCUT2D eigenvalue weighted by atomic mass is 16.5. The van der Waals surface area contributed by atoms with Crippen LogP contribution in [0.2, 0.25) is 0 Å². The van der Waals surface area contributed by atoms with Gasteiger partial charge < -0.3 is 4.74 Å². The molecule has 76 valence electrons. The molecule has 1 saturated carbocycles. The Balaban J connectivity index is 2.37. The number of esters is 1. The molecule has 1 aliphatic rings. The van der Waals surface area contributed by atoms with E-state index < -0.39 is 0 Å². The summed E-state index contributed by atoms with van der Waals surface area (Å²) in [5.74, 6) is 0.881. The summed E-state index contributed by atoms with van der Waals surface area (Å²) < 4.78 is 5.20. The second kappa shape index (κ2) is 4.64. The van der Waals surface area contributed by atoms with Gasteiger partial charge in [0, 0.05) is 0 Å². The highest BCUT2D eigenvalue weighted by Crippen LogP contribution is 2.29. The minimum atomic E-state index is 0.0153. The molecule has 0 heterocycles. The van der Waals surface area contributed by atoms with Crippen molar-refractivity contribution in [3.05, 3.63) is 0 Å². The second-order valence-electron chi connectivity index (χ2n) is 4.45. The molecule has 2 nitrogen and oxygen atoms in total. The van der Waals surface area contributed by atoms with Crippen LogP contribution in [0.3, 0.4) is 0 Å². The topological polar surface area (TPSA) is 26.3 Å². The Hall–Kier alpha value is -0.530. The molecule has 1 aliphatic carbocycles. The first kappa shape index (κ1) is 10.6. The Morgan fingerprint density at radius 3 is 2.62 bits per heavy atom. The van der Waals surface area contributed by atoms with E-state index in [1.165, 1.54) is 12.8 Å². The predicted molar refractivity (Wildman–Crippen MR) is 52.4 cm³/mol. The number of hydrogen-bond donors (Lipinski definition) is 0. The quantitative estimate of drug-likeness (QED) is 0.617. The van der Waals surface area contributed by atoms with Gasteiger partial charge in [0.25, 0.3) is 0 Å². The molecule has 1 fully saturated rings. The van der Waals surface area contributed by atoms with E-state index >= 15 is 0 Å². The van der Waals surface area contributed by atoms with Crippen LogP contribution in [-0.4, -0.2) is 12.1 Å². The molecule has 13 heavy (non-hydrogen) atoms. The van der Waals surface area contributed by atoms with Gasteiger partial charge in [-0.15, -0.1) is 0 Å². The van der Waals surface area contributed by atoms with Crippen LogP contribution in [-0.2, 0) is 9.53 Å². The lowest BCUT2D eigenvalue weighted by atomic mass is 9.82. The van der Waals surface area contributed by atoms with E-state index in [0.29, 0.717) is 5.92 Å². The van der Waals surface area contributed by atoms with Crippen LogP contribution in [0.1, 0.15) is 46.5 Å². The molecule has 0 bridgehead atoms. The zero-order valence-corrected chi connectivity index (χ0v) is 8.88. The minimum Gasteiger partial charge on any atom is -0.463 e. The fourth-order valence-electron chi connectivity index (χ4n) is 1.98. The summed E-state index contributed by atoms with van der Waals surface area (Å²) in [5.41, 5.74) is 0. The maximum Gasteiger partial charge on any atom is 0.309 e. The van der Waals surface area contributed by atoms with Gasteiger partial charge in [0.15, 0.2) is 0 Å². The summed E-state index contributed by atoms with van der Waals surface area (Å²) in [6.45, 7) is 6.03. The van der Waals surface area contributed by atoms with Gasteiger partial charge in [-0.2, -0.15) is 0 Å². The molecule has 1 rings (SSSR count). The summed E-state index contributed by atoms with van der Waals surface area (Å²) in [5, 5.41) is 0. The molecular weight excluding hydrogens is 164 g/mol. The molecule has 0 N–H and O–H groups in total. The first-order valence-corrected chi connectivity index (χ1v) is 5.30. The summed E-state index contributed by atoms with van der Waals surface area (Å²) >= 11 is 0. The number of hydrogen-bond acceptors (Lipinski definition) is 2. The van der Waals surface area contributed by atoms with E-state index in [0.717, 1.165) is 12.8 Å². The van der Waals surface area contributed by atoms with Crippen molar-refractivity contribution < 1.29 is 9.53 Å². The highest BCUT2D eigenvalue weighted by molar-refractivity contribution is 5.72. The molecular formula is C11H20O2. The first-order chi connectivity index (χ1) is 6.09. The van der Waals surface area contributed by atoms with Crippen LogP contribution >= 0.6 is 0 Å². The van der Waals surface area contributed by atoms with Crippen molar-refractivity contribution in [2.24, 2.45) is 11.8 Å². The van der Waals surface area contributed by atoms with Crippen molar-refractivity contribution >= 4 is 5.97 Å². The molecule has 0 amide bonds. The Kier molecular flexibility index (Phi) is 3.76. The number of rotatable bonds is 2. The lowest BCUT2D eigenvalue weighted by molar-refractivity contribution is -0.154. The summed E-state index contributed by atoms with van der Waals surface area (Å²) in [6.07, 6.45) is 4.52. The van der Waals surface area contributed by atoms with Crippen LogP contribution in [0.4, 0.5) is 0 Å². The lowest BCUT2D eigenvalue weighted by Crippen LogP contribution is -2.25. The standard InChI is InChI=1S/C11H20O2/c1-8(2)13-11(12)10-6-4-5-9(3)7-10/h8-10H,4-7H2,1-3H3/t9-,10?/m1/s1. The van der Waals surface area contributed by atoms with Gasteiger partial charge in [0.2, 0.25) is 0 Å².